The molecule has 0 bridgehead atoms. The summed E-state index contributed by atoms with van der Waals surface area (Å²) in [5.74, 6) is 0.131. The Morgan fingerprint density at radius 2 is 1.89 bits per heavy atom. The molecular formula is C15H18N2S. The van der Waals surface area contributed by atoms with Gasteiger partial charge in [0.2, 0.25) is 0 Å². The first-order valence-electron chi connectivity index (χ1n) is 6.16. The van der Waals surface area contributed by atoms with Crippen LogP contribution in [0.25, 0.3) is 10.8 Å². The SMILES string of the molecule is CCC(C)Sc1ccc(C(=N)N)c2ccccc12. The summed E-state index contributed by atoms with van der Waals surface area (Å²) >= 11 is 1.88. The summed E-state index contributed by atoms with van der Waals surface area (Å²) in [6.07, 6.45) is 1.15. The molecule has 0 saturated heterocycles. The molecule has 2 aromatic rings. The Bertz CT molecular complexity index is 578. The second kappa shape index (κ2) is 5.44. The van der Waals surface area contributed by atoms with E-state index in [1.54, 1.807) is 0 Å². The number of benzene rings is 2. The molecule has 1 unspecified atom stereocenters. The van der Waals surface area contributed by atoms with Gasteiger partial charge >= 0.3 is 0 Å². The third-order valence-electron chi connectivity index (χ3n) is 3.08. The largest absolute Gasteiger partial charge is 0.384 e. The molecule has 0 aliphatic carbocycles. The number of hydrogen-bond acceptors (Lipinski definition) is 2. The highest BCUT2D eigenvalue weighted by Gasteiger charge is 2.09. The molecular weight excluding hydrogens is 240 g/mol. The summed E-state index contributed by atoms with van der Waals surface area (Å²) in [5.41, 5.74) is 6.45. The lowest BCUT2D eigenvalue weighted by Gasteiger charge is -2.13. The van der Waals surface area contributed by atoms with E-state index in [1.165, 1.54) is 10.3 Å². The Balaban J connectivity index is 2.57. The average molecular weight is 258 g/mol. The number of amidine groups is 1. The van der Waals surface area contributed by atoms with Gasteiger partial charge in [-0.05, 0) is 29.3 Å². The molecule has 0 amide bonds. The average Bonchev–Trinajstić information content (AvgIpc) is 2.38. The van der Waals surface area contributed by atoms with Gasteiger partial charge in [0.05, 0.1) is 0 Å². The van der Waals surface area contributed by atoms with Crippen LogP contribution in [-0.4, -0.2) is 11.1 Å². The van der Waals surface area contributed by atoms with E-state index in [1.807, 2.05) is 36.0 Å². The highest BCUT2D eigenvalue weighted by atomic mass is 32.2. The van der Waals surface area contributed by atoms with Crippen LogP contribution < -0.4 is 5.73 Å². The van der Waals surface area contributed by atoms with Crippen LogP contribution in [0.1, 0.15) is 25.8 Å². The van der Waals surface area contributed by atoms with Crippen LogP contribution in [0.4, 0.5) is 0 Å². The summed E-state index contributed by atoms with van der Waals surface area (Å²) in [6, 6.07) is 12.2. The quantitative estimate of drug-likeness (QED) is 0.494. The van der Waals surface area contributed by atoms with Crippen LogP contribution in [0.5, 0.6) is 0 Å². The molecule has 94 valence electrons. The molecule has 0 aliphatic rings. The zero-order chi connectivity index (χ0) is 13.1. The molecule has 0 heterocycles. The Morgan fingerprint density at radius 1 is 1.22 bits per heavy atom. The minimum Gasteiger partial charge on any atom is -0.384 e. The maximum atomic E-state index is 7.64. The van der Waals surface area contributed by atoms with E-state index < -0.39 is 0 Å². The standard InChI is InChI=1S/C15H18N2S/c1-3-10(2)18-14-9-8-13(15(16)17)11-6-4-5-7-12(11)14/h4-10H,3H2,1-2H3,(H3,16,17). The zero-order valence-electron chi connectivity index (χ0n) is 10.7. The summed E-state index contributed by atoms with van der Waals surface area (Å²) in [4.78, 5) is 1.27. The molecule has 1 atom stereocenters. The fraction of sp³-hybridized carbons (Fsp3) is 0.267. The fourth-order valence-electron chi connectivity index (χ4n) is 1.91. The molecule has 2 aromatic carbocycles. The number of thioether (sulfide) groups is 1. The minimum atomic E-state index is 0.131. The van der Waals surface area contributed by atoms with Gasteiger partial charge in [0.15, 0.2) is 0 Å². The number of nitrogen functional groups attached to an aromatic ring is 1. The van der Waals surface area contributed by atoms with Crippen LogP contribution in [0.15, 0.2) is 41.3 Å². The highest BCUT2D eigenvalue weighted by Crippen LogP contribution is 2.33. The smallest absolute Gasteiger partial charge is 0.123 e. The van der Waals surface area contributed by atoms with Gasteiger partial charge in [0.25, 0.3) is 0 Å². The first-order valence-corrected chi connectivity index (χ1v) is 7.04. The van der Waals surface area contributed by atoms with Crippen molar-refractivity contribution in [3.63, 3.8) is 0 Å². The molecule has 2 rings (SSSR count). The van der Waals surface area contributed by atoms with Crippen LogP contribution in [-0.2, 0) is 0 Å². The molecule has 2 nitrogen and oxygen atoms in total. The van der Waals surface area contributed by atoms with E-state index >= 15 is 0 Å². The second-order valence-corrected chi connectivity index (χ2v) is 5.89. The molecule has 3 N–H and O–H groups in total. The predicted octanol–water partition coefficient (Wildman–Crippen LogP) is 4.01. The molecule has 18 heavy (non-hydrogen) atoms. The van der Waals surface area contributed by atoms with Crippen LogP contribution in [0.2, 0.25) is 0 Å². The molecule has 0 aromatic heterocycles. The third-order valence-corrected chi connectivity index (χ3v) is 4.42. The van der Waals surface area contributed by atoms with E-state index in [0.29, 0.717) is 5.25 Å². The molecule has 0 radical (unpaired) electrons. The molecule has 0 spiro atoms. The van der Waals surface area contributed by atoms with Gasteiger partial charge in [-0.3, -0.25) is 5.41 Å². The van der Waals surface area contributed by atoms with Crippen LogP contribution >= 0.6 is 11.8 Å². The summed E-state index contributed by atoms with van der Waals surface area (Å²) < 4.78 is 0. The van der Waals surface area contributed by atoms with Crippen LogP contribution in [0.3, 0.4) is 0 Å². The Morgan fingerprint density at radius 3 is 2.50 bits per heavy atom. The van der Waals surface area contributed by atoms with E-state index in [2.05, 4.69) is 26.0 Å². The molecule has 3 heteroatoms. The lowest BCUT2D eigenvalue weighted by Crippen LogP contribution is -2.11. The Kier molecular flexibility index (Phi) is 3.92. The van der Waals surface area contributed by atoms with E-state index in [4.69, 9.17) is 11.1 Å². The van der Waals surface area contributed by atoms with E-state index in [0.717, 1.165) is 17.4 Å². The topological polar surface area (TPSA) is 49.9 Å². The summed E-state index contributed by atoms with van der Waals surface area (Å²) in [6.45, 7) is 4.43. The van der Waals surface area contributed by atoms with Crippen molar-refractivity contribution in [2.75, 3.05) is 0 Å². The van der Waals surface area contributed by atoms with E-state index in [9.17, 15) is 0 Å². The van der Waals surface area contributed by atoms with Crippen molar-refractivity contribution in [3.05, 3.63) is 42.0 Å². The van der Waals surface area contributed by atoms with Gasteiger partial charge < -0.3 is 5.73 Å². The monoisotopic (exact) mass is 258 g/mol. The first kappa shape index (κ1) is 13.0. The summed E-state index contributed by atoms with van der Waals surface area (Å²) in [7, 11) is 0. The van der Waals surface area contributed by atoms with Gasteiger partial charge in [-0.2, -0.15) is 0 Å². The van der Waals surface area contributed by atoms with Gasteiger partial charge in [0, 0.05) is 15.7 Å². The number of fused-ring (bicyclic) bond motifs is 1. The van der Waals surface area contributed by atoms with Crippen molar-refractivity contribution in [3.8, 4) is 0 Å². The van der Waals surface area contributed by atoms with Crippen molar-refractivity contribution in [1.29, 1.82) is 5.41 Å². The Labute approximate surface area is 112 Å². The van der Waals surface area contributed by atoms with Crippen molar-refractivity contribution < 1.29 is 0 Å². The number of rotatable bonds is 4. The molecule has 0 saturated carbocycles. The lowest BCUT2D eigenvalue weighted by atomic mass is 10.0. The number of hydrogen-bond donors (Lipinski definition) is 2. The van der Waals surface area contributed by atoms with Crippen molar-refractivity contribution in [2.24, 2.45) is 5.73 Å². The number of nitrogens with two attached hydrogens (primary N) is 1. The van der Waals surface area contributed by atoms with Gasteiger partial charge in [-0.25, -0.2) is 0 Å². The third kappa shape index (κ3) is 2.51. The zero-order valence-corrected chi connectivity index (χ0v) is 11.6. The van der Waals surface area contributed by atoms with E-state index in [-0.39, 0.29) is 5.84 Å². The maximum absolute atomic E-state index is 7.64. The summed E-state index contributed by atoms with van der Waals surface area (Å²) in [5, 5.41) is 10.5. The number of nitrogens with one attached hydrogen (secondary N) is 1. The highest BCUT2D eigenvalue weighted by molar-refractivity contribution is 8.00. The normalized spacial score (nSPS) is 12.6. The Hall–Kier alpha value is -1.48. The van der Waals surface area contributed by atoms with Crippen LogP contribution in [0, 0.1) is 5.41 Å². The minimum absolute atomic E-state index is 0.131. The molecule has 0 fully saturated rings. The van der Waals surface area contributed by atoms with Gasteiger partial charge in [-0.1, -0.05) is 38.1 Å². The fourth-order valence-corrected chi connectivity index (χ4v) is 2.96. The lowest BCUT2D eigenvalue weighted by molar-refractivity contribution is 0.906. The van der Waals surface area contributed by atoms with Crippen molar-refractivity contribution in [2.45, 2.75) is 30.4 Å². The van der Waals surface area contributed by atoms with Gasteiger partial charge in [-0.15, -0.1) is 11.8 Å². The van der Waals surface area contributed by atoms with Crippen molar-refractivity contribution >= 4 is 28.4 Å². The first-order chi connectivity index (χ1) is 8.63. The maximum Gasteiger partial charge on any atom is 0.123 e. The predicted molar refractivity (Wildman–Crippen MR) is 80.6 cm³/mol. The van der Waals surface area contributed by atoms with Gasteiger partial charge in [0.1, 0.15) is 5.84 Å². The van der Waals surface area contributed by atoms with Crippen molar-refractivity contribution in [1.82, 2.24) is 0 Å². The second-order valence-electron chi connectivity index (χ2n) is 4.41. The molecule has 0 aliphatic heterocycles.